The molecule has 5 nitrogen and oxygen atoms in total. The summed E-state index contributed by atoms with van der Waals surface area (Å²) < 4.78 is 11.1. The van der Waals surface area contributed by atoms with Crippen LogP contribution in [0.2, 0.25) is 0 Å². The van der Waals surface area contributed by atoms with Gasteiger partial charge in [-0.15, -0.1) is 0 Å². The van der Waals surface area contributed by atoms with Crippen LogP contribution in [0.15, 0.2) is 35.5 Å². The van der Waals surface area contributed by atoms with Crippen molar-refractivity contribution in [3.63, 3.8) is 0 Å². The largest absolute Gasteiger partial charge is 0.458 e. The van der Waals surface area contributed by atoms with Crippen molar-refractivity contribution in [1.29, 1.82) is 0 Å². The topological polar surface area (TPSA) is 69.7 Å². The van der Waals surface area contributed by atoms with Crippen LogP contribution in [0.5, 0.6) is 0 Å². The summed E-state index contributed by atoms with van der Waals surface area (Å²) in [7, 11) is 0. The molecule has 5 heteroatoms. The molecule has 3 rings (SSSR count). The second kappa shape index (κ2) is 7.83. The molecule has 1 aliphatic heterocycles. The zero-order chi connectivity index (χ0) is 19.6. The van der Waals surface area contributed by atoms with Crippen LogP contribution in [0.1, 0.15) is 59.3 Å². The maximum atomic E-state index is 12.7. The van der Waals surface area contributed by atoms with E-state index < -0.39 is 17.6 Å². The normalized spacial score (nSPS) is 30.4. The lowest BCUT2D eigenvalue weighted by atomic mass is 9.69. The third kappa shape index (κ3) is 4.57. The minimum absolute atomic E-state index is 0.00134. The Morgan fingerprint density at radius 2 is 2.04 bits per heavy atom. The van der Waals surface area contributed by atoms with E-state index in [-0.39, 0.29) is 30.1 Å². The van der Waals surface area contributed by atoms with Crippen LogP contribution in [0.25, 0.3) is 0 Å². The highest BCUT2D eigenvalue weighted by Crippen LogP contribution is 2.45. The molecule has 27 heavy (non-hydrogen) atoms. The van der Waals surface area contributed by atoms with Crippen LogP contribution in [0.4, 0.5) is 0 Å². The number of ether oxygens (including phenoxy) is 2. The first-order chi connectivity index (χ1) is 12.8. The Morgan fingerprint density at radius 3 is 2.70 bits per heavy atom. The molecular formula is C22H28O5. The van der Waals surface area contributed by atoms with Crippen LogP contribution in [-0.4, -0.2) is 29.9 Å². The van der Waals surface area contributed by atoms with Gasteiger partial charge in [0.15, 0.2) is 5.78 Å². The van der Waals surface area contributed by atoms with Crippen LogP contribution in [0, 0.1) is 11.3 Å². The Balaban J connectivity index is 1.74. The second-order valence-electron chi connectivity index (χ2n) is 8.25. The first-order valence-electron chi connectivity index (χ1n) is 9.73. The van der Waals surface area contributed by atoms with E-state index in [1.54, 1.807) is 6.08 Å². The Bertz CT molecular complexity index is 721. The quantitative estimate of drug-likeness (QED) is 0.523. The molecule has 0 N–H and O–H groups in total. The molecule has 3 aliphatic rings. The maximum absolute atomic E-state index is 12.7. The van der Waals surface area contributed by atoms with E-state index in [1.807, 2.05) is 13.0 Å². The number of cyclic esters (lactones) is 1. The summed E-state index contributed by atoms with van der Waals surface area (Å²) in [6, 6.07) is 0. The number of carbonyl (C=O) groups is 3. The van der Waals surface area contributed by atoms with Gasteiger partial charge in [-0.25, -0.2) is 0 Å². The fraction of sp³-hybridized carbons (Fsp3) is 0.591. The molecule has 0 aromatic heterocycles. The summed E-state index contributed by atoms with van der Waals surface area (Å²) in [5.74, 6) is -0.694. The van der Waals surface area contributed by atoms with Gasteiger partial charge in [-0.05, 0) is 64.7 Å². The highest BCUT2D eigenvalue weighted by Gasteiger charge is 2.55. The first-order valence-corrected chi connectivity index (χ1v) is 9.73. The minimum Gasteiger partial charge on any atom is -0.458 e. The van der Waals surface area contributed by atoms with Crippen LogP contribution in [-0.2, 0) is 23.9 Å². The molecular weight excluding hydrogens is 344 g/mol. The number of allylic oxidation sites excluding steroid dienone is 4. The number of carbonyl (C=O) groups excluding carboxylic acids is 3. The number of rotatable bonds is 6. The van der Waals surface area contributed by atoms with E-state index in [4.69, 9.17) is 9.47 Å². The monoisotopic (exact) mass is 372 g/mol. The van der Waals surface area contributed by atoms with Gasteiger partial charge in [-0.2, -0.15) is 0 Å². The Hall–Kier alpha value is -2.17. The van der Waals surface area contributed by atoms with Gasteiger partial charge >= 0.3 is 11.9 Å². The standard InChI is InChI=1S/C22H28O5/c1-14(2)5-4-6-15(3)11-19-22(13-20(24)27-19)12-17(9-10-18(22)23)26-21(25)16-7-8-16/h5,9-11,16-17,19H,4,6-8,12-13H2,1-3H3/b15-11+/t17-,19-,22+/m1/s1. The van der Waals surface area contributed by atoms with E-state index in [9.17, 15) is 14.4 Å². The highest BCUT2D eigenvalue weighted by atomic mass is 16.6. The third-order valence-electron chi connectivity index (χ3n) is 5.49. The molecule has 0 radical (unpaired) electrons. The van der Waals surface area contributed by atoms with Crippen molar-refractivity contribution < 1.29 is 23.9 Å². The zero-order valence-electron chi connectivity index (χ0n) is 16.3. The van der Waals surface area contributed by atoms with Gasteiger partial charge in [-0.3, -0.25) is 14.4 Å². The number of esters is 2. The third-order valence-corrected chi connectivity index (χ3v) is 5.49. The molecule has 0 aromatic rings. The maximum Gasteiger partial charge on any atom is 0.309 e. The Kier molecular flexibility index (Phi) is 5.68. The van der Waals surface area contributed by atoms with E-state index in [1.165, 1.54) is 11.6 Å². The molecule has 0 amide bonds. The van der Waals surface area contributed by atoms with E-state index >= 15 is 0 Å². The predicted molar refractivity (Wildman–Crippen MR) is 101 cm³/mol. The summed E-state index contributed by atoms with van der Waals surface area (Å²) >= 11 is 0. The summed E-state index contributed by atoms with van der Waals surface area (Å²) in [5, 5.41) is 0. The van der Waals surface area contributed by atoms with E-state index in [0.717, 1.165) is 31.3 Å². The Morgan fingerprint density at radius 1 is 1.30 bits per heavy atom. The molecule has 1 spiro atoms. The average molecular weight is 372 g/mol. The van der Waals surface area contributed by atoms with Crippen molar-refractivity contribution in [2.24, 2.45) is 11.3 Å². The highest BCUT2D eigenvalue weighted by molar-refractivity contribution is 6.00. The smallest absolute Gasteiger partial charge is 0.309 e. The van der Waals surface area contributed by atoms with Gasteiger partial charge in [0.2, 0.25) is 0 Å². The summed E-state index contributed by atoms with van der Waals surface area (Å²) in [5.41, 5.74) is 1.39. The lowest BCUT2D eigenvalue weighted by Gasteiger charge is -2.34. The molecule has 1 saturated heterocycles. The Labute approximate surface area is 160 Å². The molecule has 2 aliphatic carbocycles. The molecule has 146 valence electrons. The van der Waals surface area contributed by atoms with Crippen molar-refractivity contribution in [1.82, 2.24) is 0 Å². The summed E-state index contributed by atoms with van der Waals surface area (Å²) in [6.07, 6.45) is 9.92. The van der Waals surface area contributed by atoms with Gasteiger partial charge in [-0.1, -0.05) is 17.2 Å². The van der Waals surface area contributed by atoms with Crippen LogP contribution < -0.4 is 0 Å². The molecule has 3 atom stereocenters. The van der Waals surface area contributed by atoms with Gasteiger partial charge < -0.3 is 9.47 Å². The molecule has 0 unspecified atom stereocenters. The molecule has 0 bridgehead atoms. The number of hydrogen-bond acceptors (Lipinski definition) is 5. The fourth-order valence-electron chi connectivity index (χ4n) is 3.73. The van der Waals surface area contributed by atoms with Gasteiger partial charge in [0.25, 0.3) is 0 Å². The van der Waals surface area contributed by atoms with Gasteiger partial charge in [0, 0.05) is 6.42 Å². The van der Waals surface area contributed by atoms with Gasteiger partial charge in [0.1, 0.15) is 12.2 Å². The fourth-order valence-corrected chi connectivity index (χ4v) is 3.73. The van der Waals surface area contributed by atoms with E-state index in [2.05, 4.69) is 19.9 Å². The van der Waals surface area contributed by atoms with Crippen molar-refractivity contribution in [2.75, 3.05) is 0 Å². The molecule has 1 saturated carbocycles. The number of hydrogen-bond donors (Lipinski definition) is 0. The van der Waals surface area contributed by atoms with Crippen LogP contribution >= 0.6 is 0 Å². The SMILES string of the molecule is CC(C)=CCC/C(C)=C/[C@H]1OC(=O)C[C@]12C[C@H](OC(=O)C1CC1)C=CC2=O. The lowest BCUT2D eigenvalue weighted by molar-refractivity contribution is -0.152. The molecule has 2 fully saturated rings. The minimum atomic E-state index is -0.960. The second-order valence-corrected chi connectivity index (χ2v) is 8.25. The van der Waals surface area contributed by atoms with Gasteiger partial charge in [0.05, 0.1) is 17.8 Å². The van der Waals surface area contributed by atoms with Crippen molar-refractivity contribution in [2.45, 2.75) is 71.5 Å². The summed E-state index contributed by atoms with van der Waals surface area (Å²) in [4.78, 5) is 36.8. The van der Waals surface area contributed by atoms with E-state index in [0.29, 0.717) is 6.42 Å². The lowest BCUT2D eigenvalue weighted by Crippen LogP contribution is -2.43. The number of ketones is 1. The average Bonchev–Trinajstić information content (AvgIpc) is 3.37. The summed E-state index contributed by atoms with van der Waals surface area (Å²) in [6.45, 7) is 6.11. The van der Waals surface area contributed by atoms with Crippen molar-refractivity contribution >= 4 is 17.7 Å². The zero-order valence-corrected chi connectivity index (χ0v) is 16.3. The first kappa shape index (κ1) is 19.6. The van der Waals surface area contributed by atoms with Crippen molar-refractivity contribution in [3.05, 3.63) is 35.5 Å². The molecule has 0 aromatic carbocycles. The predicted octanol–water partition coefficient (Wildman–Crippen LogP) is 3.83. The van der Waals surface area contributed by atoms with Crippen molar-refractivity contribution in [3.8, 4) is 0 Å². The van der Waals surface area contributed by atoms with Crippen LogP contribution in [0.3, 0.4) is 0 Å². The molecule has 1 heterocycles.